The fourth-order valence-corrected chi connectivity index (χ4v) is 1.94. The lowest BCUT2D eigenvalue weighted by Gasteiger charge is -2.06. The predicted octanol–water partition coefficient (Wildman–Crippen LogP) is 1.56. The van der Waals surface area contributed by atoms with E-state index in [1.165, 1.54) is 14.2 Å². The Morgan fingerprint density at radius 1 is 1.35 bits per heavy atom. The minimum absolute atomic E-state index is 0.407. The fourth-order valence-electron chi connectivity index (χ4n) is 1.94. The lowest BCUT2D eigenvalue weighted by atomic mass is 10.1. The molecule has 0 aliphatic carbocycles. The van der Waals surface area contributed by atoms with Crippen LogP contribution in [0.4, 0.5) is 5.69 Å². The average Bonchev–Trinajstić information content (AvgIpc) is 2.67. The third kappa shape index (κ3) is 1.60. The first-order chi connectivity index (χ1) is 8.10. The smallest absolute Gasteiger partial charge is 0.340 e. The van der Waals surface area contributed by atoms with Crippen molar-refractivity contribution in [1.29, 1.82) is 0 Å². The Morgan fingerprint density at radius 2 is 2.06 bits per heavy atom. The molecule has 5 heteroatoms. The number of hydrogen-bond acceptors (Lipinski definition) is 4. The van der Waals surface area contributed by atoms with Gasteiger partial charge in [-0.1, -0.05) is 0 Å². The summed E-state index contributed by atoms with van der Waals surface area (Å²) in [6.07, 6.45) is 1.70. The number of fused-ring (bicyclic) bond motifs is 1. The highest BCUT2D eigenvalue weighted by molar-refractivity contribution is 6.10. The Hall–Kier alpha value is -2.17. The summed E-state index contributed by atoms with van der Waals surface area (Å²) in [6, 6.07) is 3.63. The van der Waals surface area contributed by atoms with Gasteiger partial charge in [0.1, 0.15) is 5.75 Å². The van der Waals surface area contributed by atoms with Crippen molar-refractivity contribution in [3.8, 4) is 5.75 Å². The molecule has 5 nitrogen and oxygen atoms in total. The predicted molar refractivity (Wildman–Crippen MR) is 65.2 cm³/mol. The van der Waals surface area contributed by atoms with Crippen molar-refractivity contribution < 1.29 is 14.3 Å². The molecule has 0 radical (unpaired) electrons. The van der Waals surface area contributed by atoms with Gasteiger partial charge in [0.2, 0.25) is 0 Å². The molecule has 0 aliphatic rings. The van der Waals surface area contributed by atoms with Crippen molar-refractivity contribution in [2.24, 2.45) is 7.05 Å². The molecule has 2 rings (SSSR count). The van der Waals surface area contributed by atoms with Gasteiger partial charge in [0.25, 0.3) is 0 Å². The molecule has 2 N–H and O–H groups in total. The van der Waals surface area contributed by atoms with Crippen LogP contribution in [0.3, 0.4) is 0 Å². The van der Waals surface area contributed by atoms with Gasteiger partial charge in [-0.2, -0.15) is 0 Å². The van der Waals surface area contributed by atoms with E-state index in [0.29, 0.717) is 22.4 Å². The summed E-state index contributed by atoms with van der Waals surface area (Å²) in [5.41, 5.74) is 7.75. The van der Waals surface area contributed by atoms with E-state index in [1.807, 2.05) is 17.7 Å². The molecule has 0 unspecified atom stereocenters. The zero-order chi connectivity index (χ0) is 12.6. The second-order valence-corrected chi connectivity index (χ2v) is 3.72. The Kier molecular flexibility index (Phi) is 2.67. The Balaban J connectivity index is 2.81. The van der Waals surface area contributed by atoms with Crippen LogP contribution in [0.5, 0.6) is 5.75 Å². The largest absolute Gasteiger partial charge is 0.495 e. The average molecular weight is 234 g/mol. The summed E-state index contributed by atoms with van der Waals surface area (Å²) < 4.78 is 11.7. The van der Waals surface area contributed by atoms with Gasteiger partial charge in [0, 0.05) is 18.6 Å². The highest BCUT2D eigenvalue weighted by atomic mass is 16.5. The maximum atomic E-state index is 11.7. The molecular weight excluding hydrogens is 220 g/mol. The van der Waals surface area contributed by atoms with Gasteiger partial charge in [-0.05, 0) is 12.1 Å². The van der Waals surface area contributed by atoms with Crippen molar-refractivity contribution >= 4 is 22.6 Å². The first-order valence-corrected chi connectivity index (χ1v) is 5.10. The van der Waals surface area contributed by atoms with Gasteiger partial charge in [0.15, 0.2) is 0 Å². The number of anilines is 1. The van der Waals surface area contributed by atoms with E-state index in [4.69, 9.17) is 15.2 Å². The van der Waals surface area contributed by atoms with Gasteiger partial charge in [0.05, 0.1) is 31.0 Å². The van der Waals surface area contributed by atoms with Crippen molar-refractivity contribution in [3.63, 3.8) is 0 Å². The minimum atomic E-state index is -0.407. The zero-order valence-electron chi connectivity index (χ0n) is 9.98. The molecule has 1 heterocycles. The Morgan fingerprint density at radius 3 is 2.65 bits per heavy atom. The number of nitrogen functional groups attached to an aromatic ring is 1. The second-order valence-electron chi connectivity index (χ2n) is 3.72. The van der Waals surface area contributed by atoms with Crippen LogP contribution in [0, 0.1) is 0 Å². The van der Waals surface area contributed by atoms with Crippen LogP contribution in [-0.2, 0) is 11.8 Å². The molecule has 1 aromatic carbocycles. The molecule has 0 amide bonds. The summed E-state index contributed by atoms with van der Waals surface area (Å²) in [5, 5.41) is 0.665. The van der Waals surface area contributed by atoms with E-state index in [2.05, 4.69) is 0 Å². The maximum Gasteiger partial charge on any atom is 0.340 e. The topological polar surface area (TPSA) is 66.5 Å². The summed E-state index contributed by atoms with van der Waals surface area (Å²) in [5.74, 6) is 0.143. The fraction of sp³-hybridized carbons (Fsp3) is 0.250. The van der Waals surface area contributed by atoms with Crippen molar-refractivity contribution in [2.45, 2.75) is 0 Å². The van der Waals surface area contributed by atoms with E-state index in [9.17, 15) is 4.79 Å². The molecule has 0 aliphatic heterocycles. The second kappa shape index (κ2) is 4.01. The first-order valence-electron chi connectivity index (χ1n) is 5.10. The summed E-state index contributed by atoms with van der Waals surface area (Å²) in [4.78, 5) is 11.7. The van der Waals surface area contributed by atoms with Crippen LogP contribution in [0.25, 0.3) is 10.9 Å². The quantitative estimate of drug-likeness (QED) is 0.632. The number of hydrogen-bond donors (Lipinski definition) is 1. The van der Waals surface area contributed by atoms with Crippen LogP contribution in [-0.4, -0.2) is 24.8 Å². The number of aromatic nitrogens is 1. The Labute approximate surface area is 98.7 Å². The molecule has 1 aromatic heterocycles. The van der Waals surface area contributed by atoms with Crippen LogP contribution < -0.4 is 10.5 Å². The van der Waals surface area contributed by atoms with Crippen molar-refractivity contribution in [3.05, 3.63) is 23.9 Å². The highest BCUT2D eigenvalue weighted by Gasteiger charge is 2.18. The summed E-state index contributed by atoms with van der Waals surface area (Å²) >= 11 is 0. The molecule has 0 fully saturated rings. The number of carbonyl (C=O) groups excluding carboxylic acids is 1. The molecule has 0 saturated carbocycles. The van der Waals surface area contributed by atoms with E-state index < -0.39 is 5.97 Å². The minimum Gasteiger partial charge on any atom is -0.495 e. The molecule has 90 valence electrons. The lowest BCUT2D eigenvalue weighted by Crippen LogP contribution is -2.01. The first kappa shape index (κ1) is 11.3. The number of nitrogens with two attached hydrogens (primary N) is 1. The molecule has 0 spiro atoms. The Bertz CT molecular complexity index is 587. The molecule has 0 bridgehead atoms. The molecule has 17 heavy (non-hydrogen) atoms. The lowest BCUT2D eigenvalue weighted by molar-refractivity contribution is 0.0603. The third-order valence-electron chi connectivity index (χ3n) is 2.78. The number of aryl methyl sites for hydroxylation is 1. The number of carbonyl (C=O) groups is 1. The summed E-state index contributed by atoms with van der Waals surface area (Å²) in [7, 11) is 4.73. The van der Waals surface area contributed by atoms with Crippen molar-refractivity contribution in [1.82, 2.24) is 4.57 Å². The number of methoxy groups -OCH3 is 2. The number of ether oxygens (including phenoxy) is 2. The molecule has 0 saturated heterocycles. The van der Waals surface area contributed by atoms with E-state index >= 15 is 0 Å². The van der Waals surface area contributed by atoms with E-state index in [1.54, 1.807) is 12.3 Å². The number of rotatable bonds is 2. The van der Waals surface area contributed by atoms with Crippen LogP contribution in [0.2, 0.25) is 0 Å². The molecular formula is C12H14N2O3. The van der Waals surface area contributed by atoms with Crippen LogP contribution in [0.1, 0.15) is 10.4 Å². The van der Waals surface area contributed by atoms with Gasteiger partial charge in [-0.3, -0.25) is 0 Å². The van der Waals surface area contributed by atoms with Gasteiger partial charge < -0.3 is 19.8 Å². The normalized spacial score (nSPS) is 10.5. The number of esters is 1. The third-order valence-corrected chi connectivity index (χ3v) is 2.78. The van der Waals surface area contributed by atoms with Crippen molar-refractivity contribution in [2.75, 3.05) is 20.0 Å². The van der Waals surface area contributed by atoms with E-state index in [0.717, 1.165) is 5.52 Å². The molecule has 2 aromatic rings. The van der Waals surface area contributed by atoms with Gasteiger partial charge in [-0.25, -0.2) is 4.79 Å². The zero-order valence-corrected chi connectivity index (χ0v) is 9.98. The van der Waals surface area contributed by atoms with Gasteiger partial charge in [-0.15, -0.1) is 0 Å². The van der Waals surface area contributed by atoms with Crippen LogP contribution in [0.15, 0.2) is 18.3 Å². The summed E-state index contributed by atoms with van der Waals surface area (Å²) in [6.45, 7) is 0. The maximum absolute atomic E-state index is 11.7. The van der Waals surface area contributed by atoms with Gasteiger partial charge >= 0.3 is 5.97 Å². The van der Waals surface area contributed by atoms with E-state index in [-0.39, 0.29) is 0 Å². The number of benzene rings is 1. The van der Waals surface area contributed by atoms with Crippen LogP contribution >= 0.6 is 0 Å². The standard InChI is InChI=1S/C12H14N2O3/c1-14-6-7(12(15)17-3)10-8(14)4-5-9(16-2)11(10)13/h4-6H,13H2,1-3H3. The SMILES string of the molecule is COC(=O)c1cn(C)c2ccc(OC)c(N)c12. The molecule has 0 atom stereocenters. The number of nitrogens with zero attached hydrogens (tertiary/aromatic N) is 1. The highest BCUT2D eigenvalue weighted by Crippen LogP contribution is 2.33. The monoisotopic (exact) mass is 234 g/mol.